The fourth-order valence-corrected chi connectivity index (χ4v) is 2.37. The van der Waals surface area contributed by atoms with E-state index in [9.17, 15) is 4.79 Å². The van der Waals surface area contributed by atoms with E-state index in [0.29, 0.717) is 18.1 Å². The molecule has 0 aliphatic rings. The zero-order valence-corrected chi connectivity index (χ0v) is 12.4. The number of hydrogen-bond donors (Lipinski definition) is 2. The van der Waals surface area contributed by atoms with Gasteiger partial charge in [0.1, 0.15) is 5.76 Å². The van der Waals surface area contributed by atoms with Crippen molar-refractivity contribution in [2.75, 3.05) is 11.9 Å². The number of nitrogens with one attached hydrogen (secondary N) is 2. The number of carbonyl (C=O) groups is 1. The standard InChI is InChI=1S/C16H18N4O2/c1-12-11-15(19-22-12)18-16(21)17-8-4-9-20-10-7-13-5-2-3-6-14(13)20/h2-3,5-7,10-11H,4,8-9H2,1H3,(H2,17,18,19,21). The molecular weight excluding hydrogens is 280 g/mol. The van der Waals surface area contributed by atoms with Gasteiger partial charge in [-0.1, -0.05) is 23.4 Å². The summed E-state index contributed by atoms with van der Waals surface area (Å²) in [6.45, 7) is 3.23. The van der Waals surface area contributed by atoms with Crippen LogP contribution in [0.2, 0.25) is 0 Å². The number of para-hydroxylation sites is 1. The molecule has 2 aromatic heterocycles. The quantitative estimate of drug-likeness (QED) is 0.711. The molecule has 1 aromatic carbocycles. The Bertz CT molecular complexity index is 775. The van der Waals surface area contributed by atoms with Crippen molar-refractivity contribution in [3.8, 4) is 0 Å². The van der Waals surface area contributed by atoms with Crippen molar-refractivity contribution in [2.24, 2.45) is 0 Å². The predicted molar refractivity (Wildman–Crippen MR) is 84.8 cm³/mol. The largest absolute Gasteiger partial charge is 0.360 e. The molecule has 0 unspecified atom stereocenters. The summed E-state index contributed by atoms with van der Waals surface area (Å²) in [5, 5.41) is 10.4. The minimum Gasteiger partial charge on any atom is -0.360 e. The van der Waals surface area contributed by atoms with E-state index in [0.717, 1.165) is 13.0 Å². The SMILES string of the molecule is Cc1cc(NC(=O)NCCCn2ccc3ccccc32)no1. The van der Waals surface area contributed by atoms with Crippen LogP contribution in [0.5, 0.6) is 0 Å². The van der Waals surface area contributed by atoms with Crippen LogP contribution in [0, 0.1) is 6.92 Å². The summed E-state index contributed by atoms with van der Waals surface area (Å²) in [5.74, 6) is 1.08. The van der Waals surface area contributed by atoms with Crippen LogP contribution in [0.25, 0.3) is 10.9 Å². The Kier molecular flexibility index (Phi) is 4.09. The number of nitrogens with zero attached hydrogens (tertiary/aromatic N) is 2. The monoisotopic (exact) mass is 298 g/mol. The number of carbonyl (C=O) groups excluding carboxylic acids is 1. The Morgan fingerprint density at radius 1 is 1.32 bits per heavy atom. The van der Waals surface area contributed by atoms with Crippen LogP contribution in [0.4, 0.5) is 10.6 Å². The van der Waals surface area contributed by atoms with Crippen molar-refractivity contribution in [1.29, 1.82) is 0 Å². The van der Waals surface area contributed by atoms with Crippen molar-refractivity contribution < 1.29 is 9.32 Å². The van der Waals surface area contributed by atoms with Gasteiger partial charge in [-0.05, 0) is 30.9 Å². The summed E-state index contributed by atoms with van der Waals surface area (Å²) >= 11 is 0. The van der Waals surface area contributed by atoms with E-state index < -0.39 is 0 Å². The third kappa shape index (κ3) is 3.28. The van der Waals surface area contributed by atoms with Crippen LogP contribution < -0.4 is 10.6 Å². The average Bonchev–Trinajstić information content (AvgIpc) is 3.10. The number of amides is 2. The topological polar surface area (TPSA) is 72.1 Å². The molecule has 0 spiro atoms. The van der Waals surface area contributed by atoms with Gasteiger partial charge in [0.25, 0.3) is 0 Å². The fraction of sp³-hybridized carbons (Fsp3) is 0.250. The van der Waals surface area contributed by atoms with Crippen LogP contribution >= 0.6 is 0 Å². The second kappa shape index (κ2) is 6.34. The van der Waals surface area contributed by atoms with Crippen LogP contribution in [0.3, 0.4) is 0 Å². The molecule has 22 heavy (non-hydrogen) atoms. The molecule has 6 heteroatoms. The summed E-state index contributed by atoms with van der Waals surface area (Å²) in [5.41, 5.74) is 1.21. The van der Waals surface area contributed by atoms with E-state index in [1.807, 2.05) is 12.1 Å². The Morgan fingerprint density at radius 3 is 3.00 bits per heavy atom. The highest BCUT2D eigenvalue weighted by Gasteiger charge is 2.05. The predicted octanol–water partition coefficient (Wildman–Crippen LogP) is 3.15. The third-order valence-electron chi connectivity index (χ3n) is 3.41. The third-order valence-corrected chi connectivity index (χ3v) is 3.41. The van der Waals surface area contributed by atoms with E-state index in [1.54, 1.807) is 13.0 Å². The minimum atomic E-state index is -0.273. The highest BCUT2D eigenvalue weighted by Crippen LogP contribution is 2.15. The maximum atomic E-state index is 11.7. The van der Waals surface area contributed by atoms with Crippen molar-refractivity contribution in [3.05, 3.63) is 48.4 Å². The average molecular weight is 298 g/mol. The van der Waals surface area contributed by atoms with Gasteiger partial charge in [-0.3, -0.25) is 5.32 Å². The van der Waals surface area contributed by atoms with Gasteiger partial charge in [-0.25, -0.2) is 4.79 Å². The Hall–Kier alpha value is -2.76. The lowest BCUT2D eigenvalue weighted by Gasteiger charge is -2.07. The van der Waals surface area contributed by atoms with Crippen LogP contribution in [-0.4, -0.2) is 22.3 Å². The lowest BCUT2D eigenvalue weighted by atomic mass is 10.2. The Labute approximate surface area is 128 Å². The molecule has 2 amide bonds. The first-order chi connectivity index (χ1) is 10.7. The number of benzene rings is 1. The molecule has 3 rings (SSSR count). The normalized spacial score (nSPS) is 10.8. The van der Waals surface area contributed by atoms with E-state index in [4.69, 9.17) is 4.52 Å². The number of fused-ring (bicyclic) bond motifs is 1. The second-order valence-corrected chi connectivity index (χ2v) is 5.13. The van der Waals surface area contributed by atoms with Crippen molar-refractivity contribution in [2.45, 2.75) is 19.9 Å². The molecule has 0 saturated heterocycles. The first kappa shape index (κ1) is 14.2. The highest BCUT2D eigenvalue weighted by molar-refractivity contribution is 5.88. The van der Waals surface area contributed by atoms with Gasteiger partial charge in [-0.15, -0.1) is 0 Å². The van der Waals surface area contributed by atoms with Gasteiger partial charge in [0.15, 0.2) is 5.82 Å². The van der Waals surface area contributed by atoms with Gasteiger partial charge in [0.2, 0.25) is 0 Å². The van der Waals surface area contributed by atoms with Crippen LogP contribution in [-0.2, 0) is 6.54 Å². The Balaban J connectivity index is 1.44. The number of urea groups is 1. The van der Waals surface area contributed by atoms with E-state index >= 15 is 0 Å². The number of hydrogen-bond acceptors (Lipinski definition) is 3. The summed E-state index contributed by atoms with van der Waals surface area (Å²) in [4.78, 5) is 11.7. The molecule has 0 fully saturated rings. The van der Waals surface area contributed by atoms with Crippen LogP contribution in [0.15, 0.2) is 47.1 Å². The van der Waals surface area contributed by atoms with Gasteiger partial charge in [0.05, 0.1) is 0 Å². The molecule has 0 bridgehead atoms. The van der Waals surface area contributed by atoms with Crippen molar-refractivity contribution in [1.82, 2.24) is 15.0 Å². The molecule has 2 heterocycles. The minimum absolute atomic E-state index is 0.273. The number of aryl methyl sites for hydroxylation is 2. The molecule has 0 saturated carbocycles. The summed E-state index contributed by atoms with van der Waals surface area (Å²) in [6.07, 6.45) is 2.92. The molecule has 0 atom stereocenters. The molecule has 2 N–H and O–H groups in total. The van der Waals surface area contributed by atoms with Gasteiger partial charge in [-0.2, -0.15) is 0 Å². The molecule has 0 radical (unpaired) electrons. The summed E-state index contributed by atoms with van der Waals surface area (Å²) in [6, 6.07) is 11.8. The zero-order chi connectivity index (χ0) is 15.4. The molecular formula is C16H18N4O2. The Morgan fingerprint density at radius 2 is 2.18 bits per heavy atom. The maximum Gasteiger partial charge on any atom is 0.320 e. The van der Waals surface area contributed by atoms with Gasteiger partial charge < -0.3 is 14.4 Å². The molecule has 0 aliphatic carbocycles. The fourth-order valence-electron chi connectivity index (χ4n) is 2.37. The van der Waals surface area contributed by atoms with Crippen molar-refractivity contribution in [3.63, 3.8) is 0 Å². The molecule has 6 nitrogen and oxygen atoms in total. The van der Waals surface area contributed by atoms with E-state index in [1.165, 1.54) is 10.9 Å². The first-order valence-electron chi connectivity index (χ1n) is 7.24. The van der Waals surface area contributed by atoms with Gasteiger partial charge >= 0.3 is 6.03 Å². The molecule has 0 aliphatic heterocycles. The second-order valence-electron chi connectivity index (χ2n) is 5.13. The number of anilines is 1. The van der Waals surface area contributed by atoms with E-state index in [2.05, 4.69) is 44.8 Å². The lowest BCUT2D eigenvalue weighted by molar-refractivity contribution is 0.251. The number of aromatic nitrogens is 2. The first-order valence-corrected chi connectivity index (χ1v) is 7.24. The highest BCUT2D eigenvalue weighted by atomic mass is 16.5. The zero-order valence-electron chi connectivity index (χ0n) is 12.4. The molecule has 3 aromatic rings. The van der Waals surface area contributed by atoms with E-state index in [-0.39, 0.29) is 6.03 Å². The summed E-state index contributed by atoms with van der Waals surface area (Å²) < 4.78 is 7.08. The van der Waals surface area contributed by atoms with Crippen molar-refractivity contribution >= 4 is 22.8 Å². The summed E-state index contributed by atoms with van der Waals surface area (Å²) in [7, 11) is 0. The van der Waals surface area contributed by atoms with Crippen LogP contribution in [0.1, 0.15) is 12.2 Å². The molecule has 114 valence electrons. The smallest absolute Gasteiger partial charge is 0.320 e. The number of rotatable bonds is 5. The maximum absolute atomic E-state index is 11.7. The lowest BCUT2D eigenvalue weighted by Crippen LogP contribution is -2.30. The van der Waals surface area contributed by atoms with Gasteiger partial charge in [0, 0.05) is 30.9 Å².